The summed E-state index contributed by atoms with van der Waals surface area (Å²) in [5.41, 5.74) is 0.978. The molecule has 0 unspecified atom stereocenters. The molecule has 0 spiro atoms. The fraction of sp³-hybridized carbons (Fsp3) is 0.611. The van der Waals surface area contributed by atoms with Gasteiger partial charge in [0.25, 0.3) is 0 Å². The molecule has 6 heteroatoms. The summed E-state index contributed by atoms with van der Waals surface area (Å²) in [6.07, 6.45) is 4.88. The molecule has 2 rings (SSSR count). The van der Waals surface area contributed by atoms with Gasteiger partial charge in [-0.2, -0.15) is 4.31 Å². The van der Waals surface area contributed by atoms with Gasteiger partial charge in [0.05, 0.1) is 12.2 Å². The molecule has 0 radical (unpaired) electrons. The minimum atomic E-state index is -3.19. The summed E-state index contributed by atoms with van der Waals surface area (Å²) >= 11 is 0. The number of hydrogen-bond acceptors (Lipinski definition) is 4. The van der Waals surface area contributed by atoms with Gasteiger partial charge >= 0.3 is 5.97 Å². The van der Waals surface area contributed by atoms with E-state index in [4.69, 9.17) is 4.74 Å². The van der Waals surface area contributed by atoms with E-state index < -0.39 is 10.0 Å². The summed E-state index contributed by atoms with van der Waals surface area (Å²) in [6, 6.07) is 9.64. The molecule has 0 bridgehead atoms. The standard InChI is InChI=1S/C18H27NO4S/c1-3-13-19(24(2,21)22)17-11-9-16(10-12-17)18(20)23-14-15-7-5-4-6-8-15/h4-8,16-17H,3,9-14H2,1-2H3. The first-order valence-electron chi connectivity index (χ1n) is 8.59. The Morgan fingerprint density at radius 1 is 1.17 bits per heavy atom. The molecule has 0 heterocycles. The minimum absolute atomic E-state index is 0.0122. The van der Waals surface area contributed by atoms with E-state index in [-0.39, 0.29) is 17.9 Å². The van der Waals surface area contributed by atoms with Crippen LogP contribution >= 0.6 is 0 Å². The number of benzene rings is 1. The lowest BCUT2D eigenvalue weighted by molar-refractivity contribution is -0.151. The number of carbonyl (C=O) groups excluding carboxylic acids is 1. The zero-order valence-electron chi connectivity index (χ0n) is 14.5. The number of sulfonamides is 1. The van der Waals surface area contributed by atoms with Crippen LogP contribution in [-0.4, -0.2) is 37.5 Å². The van der Waals surface area contributed by atoms with E-state index >= 15 is 0 Å². The van der Waals surface area contributed by atoms with Gasteiger partial charge in [-0.25, -0.2) is 8.42 Å². The molecular formula is C18H27NO4S. The molecule has 5 nitrogen and oxygen atoms in total. The van der Waals surface area contributed by atoms with Crippen LogP contribution in [-0.2, 0) is 26.2 Å². The van der Waals surface area contributed by atoms with E-state index in [1.54, 1.807) is 4.31 Å². The van der Waals surface area contributed by atoms with Crippen LogP contribution in [0.5, 0.6) is 0 Å². The highest BCUT2D eigenvalue weighted by atomic mass is 32.2. The van der Waals surface area contributed by atoms with Crippen molar-refractivity contribution in [3.8, 4) is 0 Å². The van der Waals surface area contributed by atoms with Gasteiger partial charge < -0.3 is 4.74 Å². The summed E-state index contributed by atoms with van der Waals surface area (Å²) in [6.45, 7) is 2.82. The molecule has 1 aliphatic rings. The maximum absolute atomic E-state index is 12.2. The number of rotatable bonds is 7. The van der Waals surface area contributed by atoms with E-state index in [1.165, 1.54) is 6.26 Å². The largest absolute Gasteiger partial charge is 0.461 e. The monoisotopic (exact) mass is 353 g/mol. The highest BCUT2D eigenvalue weighted by Gasteiger charge is 2.33. The van der Waals surface area contributed by atoms with Crippen molar-refractivity contribution in [2.45, 2.75) is 51.7 Å². The van der Waals surface area contributed by atoms with Crippen molar-refractivity contribution < 1.29 is 17.9 Å². The van der Waals surface area contributed by atoms with E-state index in [2.05, 4.69) is 0 Å². The first kappa shape index (κ1) is 18.9. The molecule has 134 valence electrons. The van der Waals surface area contributed by atoms with Gasteiger partial charge in [0, 0.05) is 12.6 Å². The molecule has 0 atom stereocenters. The SMILES string of the molecule is CCCN(C1CCC(C(=O)OCc2ccccc2)CC1)S(C)(=O)=O. The van der Waals surface area contributed by atoms with Crippen molar-refractivity contribution in [1.82, 2.24) is 4.31 Å². The minimum Gasteiger partial charge on any atom is -0.461 e. The Balaban J connectivity index is 1.84. The smallest absolute Gasteiger partial charge is 0.309 e. The van der Waals surface area contributed by atoms with E-state index in [1.807, 2.05) is 37.3 Å². The van der Waals surface area contributed by atoms with Crippen LogP contribution < -0.4 is 0 Å². The van der Waals surface area contributed by atoms with Crippen molar-refractivity contribution in [2.24, 2.45) is 5.92 Å². The van der Waals surface area contributed by atoms with Crippen LogP contribution in [0.3, 0.4) is 0 Å². The van der Waals surface area contributed by atoms with Crippen molar-refractivity contribution in [2.75, 3.05) is 12.8 Å². The molecule has 1 aromatic rings. The van der Waals surface area contributed by atoms with Gasteiger partial charge in [-0.15, -0.1) is 0 Å². The number of hydrogen-bond donors (Lipinski definition) is 0. The van der Waals surface area contributed by atoms with Crippen molar-refractivity contribution in [3.63, 3.8) is 0 Å². The Morgan fingerprint density at radius 3 is 2.33 bits per heavy atom. The van der Waals surface area contributed by atoms with Crippen molar-refractivity contribution in [3.05, 3.63) is 35.9 Å². The molecule has 0 amide bonds. The second-order valence-electron chi connectivity index (χ2n) is 6.47. The number of carbonyl (C=O) groups is 1. The highest BCUT2D eigenvalue weighted by Crippen LogP contribution is 2.30. The molecule has 1 fully saturated rings. The summed E-state index contributed by atoms with van der Waals surface area (Å²) in [5, 5.41) is 0. The van der Waals surface area contributed by atoms with Gasteiger partial charge in [-0.3, -0.25) is 4.79 Å². The van der Waals surface area contributed by atoms with Gasteiger partial charge in [-0.1, -0.05) is 37.3 Å². The molecule has 1 saturated carbocycles. The van der Waals surface area contributed by atoms with Crippen LogP contribution in [0.4, 0.5) is 0 Å². The lowest BCUT2D eigenvalue weighted by atomic mass is 9.86. The summed E-state index contributed by atoms with van der Waals surface area (Å²) < 4.78 is 30.9. The maximum Gasteiger partial charge on any atom is 0.309 e. The average molecular weight is 353 g/mol. The Morgan fingerprint density at radius 2 is 1.79 bits per heavy atom. The second-order valence-corrected chi connectivity index (χ2v) is 8.41. The van der Waals surface area contributed by atoms with Crippen LogP contribution in [0.25, 0.3) is 0 Å². The second kappa shape index (κ2) is 8.62. The van der Waals surface area contributed by atoms with E-state index in [9.17, 15) is 13.2 Å². The normalized spacial score (nSPS) is 21.6. The molecular weight excluding hydrogens is 326 g/mol. The topological polar surface area (TPSA) is 63.7 Å². The lowest BCUT2D eigenvalue weighted by Gasteiger charge is -2.34. The number of esters is 1. The van der Waals surface area contributed by atoms with E-state index in [0.29, 0.717) is 26.0 Å². The molecule has 0 saturated heterocycles. The predicted molar refractivity (Wildman–Crippen MR) is 93.8 cm³/mol. The van der Waals surface area contributed by atoms with Gasteiger partial charge in [0.2, 0.25) is 10.0 Å². The molecule has 1 aromatic carbocycles. The first-order chi connectivity index (χ1) is 11.4. The van der Waals surface area contributed by atoms with E-state index in [0.717, 1.165) is 24.8 Å². The molecule has 0 N–H and O–H groups in total. The predicted octanol–water partition coefficient (Wildman–Crippen LogP) is 2.96. The Hall–Kier alpha value is -1.40. The Kier molecular flexibility index (Phi) is 6.80. The lowest BCUT2D eigenvalue weighted by Crippen LogP contribution is -2.43. The fourth-order valence-corrected chi connectivity index (χ4v) is 4.55. The quantitative estimate of drug-likeness (QED) is 0.707. The third-order valence-electron chi connectivity index (χ3n) is 4.53. The molecule has 1 aliphatic carbocycles. The van der Waals surface area contributed by atoms with Gasteiger partial charge in [0.1, 0.15) is 6.61 Å². The average Bonchev–Trinajstić information content (AvgIpc) is 2.57. The molecule has 24 heavy (non-hydrogen) atoms. The van der Waals surface area contributed by atoms with Crippen molar-refractivity contribution >= 4 is 16.0 Å². The third-order valence-corrected chi connectivity index (χ3v) is 5.86. The van der Waals surface area contributed by atoms with Crippen LogP contribution in [0.2, 0.25) is 0 Å². The van der Waals surface area contributed by atoms with Gasteiger partial charge in [-0.05, 0) is 37.7 Å². The highest BCUT2D eigenvalue weighted by molar-refractivity contribution is 7.88. The summed E-state index contributed by atoms with van der Waals surface area (Å²) in [4.78, 5) is 12.2. The fourth-order valence-electron chi connectivity index (χ4n) is 3.29. The zero-order chi connectivity index (χ0) is 17.6. The van der Waals surface area contributed by atoms with Crippen LogP contribution in [0, 0.1) is 5.92 Å². The van der Waals surface area contributed by atoms with Crippen molar-refractivity contribution in [1.29, 1.82) is 0 Å². The number of nitrogens with zero attached hydrogens (tertiary/aromatic N) is 1. The Labute approximate surface area is 145 Å². The molecule has 0 aromatic heterocycles. The van der Waals surface area contributed by atoms with Gasteiger partial charge in [0.15, 0.2) is 0 Å². The summed E-state index contributed by atoms with van der Waals surface area (Å²) in [5.74, 6) is -0.285. The van der Waals surface area contributed by atoms with Crippen LogP contribution in [0.15, 0.2) is 30.3 Å². The van der Waals surface area contributed by atoms with Crippen LogP contribution in [0.1, 0.15) is 44.6 Å². The Bertz CT molecular complexity index is 622. The first-order valence-corrected chi connectivity index (χ1v) is 10.4. The number of ether oxygens (including phenoxy) is 1. The molecule has 0 aliphatic heterocycles. The third kappa shape index (κ3) is 5.31. The maximum atomic E-state index is 12.2. The summed E-state index contributed by atoms with van der Waals surface area (Å²) in [7, 11) is -3.19. The zero-order valence-corrected chi connectivity index (χ0v) is 15.3.